The minimum absolute atomic E-state index is 0.000971. The lowest BCUT2D eigenvalue weighted by Gasteiger charge is -2.13. The Morgan fingerprint density at radius 3 is 2.60 bits per heavy atom. The Labute approximate surface area is 143 Å². The van der Waals surface area contributed by atoms with Crippen LogP contribution in [0.1, 0.15) is 18.5 Å². The quantitative estimate of drug-likeness (QED) is 0.670. The molecule has 128 valence electrons. The first kappa shape index (κ1) is 16.4. The highest BCUT2D eigenvalue weighted by Crippen LogP contribution is 2.25. The molecule has 1 atom stereocenters. The number of nitrogens with zero attached hydrogens (tertiary/aromatic N) is 1. The number of carbonyl (C=O) groups excluding carboxylic acids is 1. The van der Waals surface area contributed by atoms with E-state index in [1.807, 2.05) is 0 Å². The van der Waals surface area contributed by atoms with Crippen molar-refractivity contribution in [3.63, 3.8) is 0 Å². The fourth-order valence-corrected chi connectivity index (χ4v) is 2.26. The van der Waals surface area contributed by atoms with Crippen molar-refractivity contribution in [2.24, 2.45) is 0 Å². The largest absolute Gasteiger partial charge is 0.508 e. The fraction of sp³-hybridized carbons (Fsp3) is 0.111. The minimum Gasteiger partial charge on any atom is -0.508 e. The minimum atomic E-state index is -0.702. The normalized spacial score (nSPS) is 11.7. The van der Waals surface area contributed by atoms with Gasteiger partial charge in [0.15, 0.2) is 6.26 Å². The molecular formula is C18H16N2O5. The molecule has 25 heavy (non-hydrogen) atoms. The Morgan fingerprint density at radius 1 is 1.16 bits per heavy atom. The number of phenols is 2. The van der Waals surface area contributed by atoms with E-state index in [9.17, 15) is 15.0 Å². The van der Waals surface area contributed by atoms with Crippen LogP contribution in [0.3, 0.4) is 0 Å². The summed E-state index contributed by atoms with van der Waals surface area (Å²) >= 11 is 0. The zero-order chi connectivity index (χ0) is 17.8. The second kappa shape index (κ2) is 6.96. The van der Waals surface area contributed by atoms with Crippen LogP contribution >= 0.6 is 0 Å². The first-order chi connectivity index (χ1) is 12.0. The van der Waals surface area contributed by atoms with Crippen molar-refractivity contribution in [3.05, 3.63) is 60.4 Å². The molecule has 0 saturated heterocycles. The van der Waals surface area contributed by atoms with Gasteiger partial charge in [0.05, 0.1) is 6.04 Å². The van der Waals surface area contributed by atoms with Gasteiger partial charge in [-0.05, 0) is 42.8 Å². The maximum atomic E-state index is 12.0. The number of nitrogens with one attached hydrogen (secondary N) is 1. The average Bonchev–Trinajstić information content (AvgIpc) is 3.03. The third kappa shape index (κ3) is 4.08. The molecule has 1 heterocycles. The van der Waals surface area contributed by atoms with E-state index in [2.05, 4.69) is 10.3 Å². The van der Waals surface area contributed by atoms with Crippen LogP contribution in [0, 0.1) is 0 Å². The number of rotatable bonds is 4. The van der Waals surface area contributed by atoms with Crippen LogP contribution in [-0.2, 0) is 0 Å². The summed E-state index contributed by atoms with van der Waals surface area (Å²) in [6.45, 7) is 1.76. The van der Waals surface area contributed by atoms with Crippen LogP contribution < -0.4 is 10.1 Å². The molecular weight excluding hydrogens is 324 g/mol. The zero-order valence-electron chi connectivity index (χ0n) is 13.3. The zero-order valence-corrected chi connectivity index (χ0v) is 13.3. The van der Waals surface area contributed by atoms with Gasteiger partial charge >= 0.3 is 6.09 Å². The second-order valence-electron chi connectivity index (χ2n) is 5.39. The summed E-state index contributed by atoms with van der Waals surface area (Å²) in [5, 5.41) is 21.6. The van der Waals surface area contributed by atoms with Crippen LogP contribution in [0.4, 0.5) is 4.79 Å². The number of benzene rings is 2. The molecule has 1 amide bonds. The van der Waals surface area contributed by atoms with Crippen molar-refractivity contribution in [2.75, 3.05) is 0 Å². The first-order valence-corrected chi connectivity index (χ1v) is 7.53. The van der Waals surface area contributed by atoms with Crippen molar-refractivity contribution < 1.29 is 24.2 Å². The lowest BCUT2D eigenvalue weighted by Crippen LogP contribution is -2.29. The van der Waals surface area contributed by atoms with Gasteiger partial charge in [0.2, 0.25) is 5.89 Å². The Kier molecular flexibility index (Phi) is 4.56. The smallest absolute Gasteiger partial charge is 0.414 e. The van der Waals surface area contributed by atoms with Crippen molar-refractivity contribution >= 4 is 6.09 Å². The molecule has 0 spiro atoms. The summed E-state index contributed by atoms with van der Waals surface area (Å²) in [6.07, 6.45) is 0.504. The number of amides is 1. The lowest BCUT2D eigenvalue weighted by atomic mass is 10.1. The molecule has 3 N–H and O–H groups in total. The summed E-state index contributed by atoms with van der Waals surface area (Å²) in [4.78, 5) is 16.0. The van der Waals surface area contributed by atoms with Crippen LogP contribution in [0.15, 0.2) is 59.2 Å². The first-order valence-electron chi connectivity index (χ1n) is 7.53. The monoisotopic (exact) mass is 340 g/mol. The Hall–Kier alpha value is -3.48. The van der Waals surface area contributed by atoms with Crippen LogP contribution in [0.25, 0.3) is 11.5 Å². The van der Waals surface area contributed by atoms with E-state index in [-0.39, 0.29) is 29.3 Å². The molecule has 0 bridgehead atoms. The fourth-order valence-electron chi connectivity index (χ4n) is 2.26. The van der Waals surface area contributed by atoms with E-state index in [0.717, 1.165) is 5.56 Å². The van der Waals surface area contributed by atoms with E-state index in [0.29, 0.717) is 5.56 Å². The Morgan fingerprint density at radius 2 is 1.88 bits per heavy atom. The highest BCUT2D eigenvalue weighted by molar-refractivity contribution is 5.70. The number of hydrogen-bond acceptors (Lipinski definition) is 6. The SMILES string of the molecule is C[C@@H](NC(=O)Oc1coc(-c2cccc(O)c2)n1)c1cccc(O)c1. The number of ether oxygens (including phenoxy) is 1. The van der Waals surface area contributed by atoms with E-state index >= 15 is 0 Å². The van der Waals surface area contributed by atoms with Crippen LogP contribution in [0.5, 0.6) is 17.4 Å². The predicted molar refractivity (Wildman–Crippen MR) is 89.3 cm³/mol. The second-order valence-corrected chi connectivity index (χ2v) is 5.39. The Balaban J connectivity index is 1.64. The summed E-state index contributed by atoms with van der Waals surface area (Å²) < 4.78 is 10.3. The van der Waals surface area contributed by atoms with Crippen molar-refractivity contribution in [1.29, 1.82) is 0 Å². The number of aromatic hydroxyl groups is 2. The van der Waals surface area contributed by atoms with E-state index in [1.54, 1.807) is 43.3 Å². The van der Waals surface area contributed by atoms with Gasteiger partial charge in [-0.3, -0.25) is 0 Å². The summed E-state index contributed by atoms with van der Waals surface area (Å²) in [7, 11) is 0. The molecule has 2 aromatic carbocycles. The van der Waals surface area contributed by atoms with Gasteiger partial charge < -0.3 is 24.7 Å². The molecule has 0 fully saturated rings. The average molecular weight is 340 g/mol. The molecule has 0 radical (unpaired) electrons. The Bertz CT molecular complexity index is 890. The molecule has 0 aliphatic heterocycles. The van der Waals surface area contributed by atoms with E-state index in [4.69, 9.17) is 9.15 Å². The number of phenolic OH excluding ortho intramolecular Hbond substituents is 2. The van der Waals surface area contributed by atoms with Crippen molar-refractivity contribution in [2.45, 2.75) is 13.0 Å². The predicted octanol–water partition coefficient (Wildman–Crippen LogP) is 3.60. The van der Waals surface area contributed by atoms with Gasteiger partial charge in [0, 0.05) is 5.56 Å². The maximum absolute atomic E-state index is 12.0. The van der Waals surface area contributed by atoms with Crippen molar-refractivity contribution in [1.82, 2.24) is 10.3 Å². The third-order valence-electron chi connectivity index (χ3n) is 3.48. The highest BCUT2D eigenvalue weighted by Gasteiger charge is 2.15. The molecule has 3 aromatic rings. The summed E-state index contributed by atoms with van der Waals surface area (Å²) in [5.41, 5.74) is 1.29. The van der Waals surface area contributed by atoms with Gasteiger partial charge in [-0.2, -0.15) is 4.98 Å². The third-order valence-corrected chi connectivity index (χ3v) is 3.48. The molecule has 0 aliphatic rings. The standard InChI is InChI=1S/C18H16N2O5/c1-11(12-4-2-6-14(21)8-12)19-18(23)25-16-10-24-17(20-16)13-5-3-7-15(22)9-13/h2-11,21-22H,1H3,(H,19,23)/t11-/m1/s1. The molecule has 0 aliphatic carbocycles. The molecule has 0 unspecified atom stereocenters. The van der Waals surface area contributed by atoms with Gasteiger partial charge in [0.1, 0.15) is 11.5 Å². The summed E-state index contributed by atoms with van der Waals surface area (Å²) in [6, 6.07) is 12.6. The number of hydrogen-bond donors (Lipinski definition) is 3. The van der Waals surface area contributed by atoms with Crippen molar-refractivity contribution in [3.8, 4) is 28.8 Å². The maximum Gasteiger partial charge on any atom is 0.414 e. The number of oxazole rings is 1. The topological polar surface area (TPSA) is 105 Å². The number of carbonyl (C=O) groups is 1. The molecule has 0 saturated carbocycles. The van der Waals surface area contributed by atoms with Gasteiger partial charge in [-0.25, -0.2) is 4.79 Å². The van der Waals surface area contributed by atoms with Crippen LogP contribution in [0.2, 0.25) is 0 Å². The molecule has 7 heteroatoms. The van der Waals surface area contributed by atoms with Gasteiger partial charge in [0.25, 0.3) is 5.88 Å². The van der Waals surface area contributed by atoms with E-state index in [1.165, 1.54) is 18.4 Å². The van der Waals surface area contributed by atoms with E-state index < -0.39 is 6.09 Å². The van der Waals surface area contributed by atoms with Crippen LogP contribution in [-0.4, -0.2) is 21.3 Å². The molecule has 3 rings (SSSR count). The lowest BCUT2D eigenvalue weighted by molar-refractivity contribution is 0.195. The van der Waals surface area contributed by atoms with Gasteiger partial charge in [-0.1, -0.05) is 18.2 Å². The molecule has 7 nitrogen and oxygen atoms in total. The molecule has 1 aromatic heterocycles. The summed E-state index contributed by atoms with van der Waals surface area (Å²) in [5.74, 6) is 0.418. The van der Waals surface area contributed by atoms with Gasteiger partial charge in [-0.15, -0.1) is 0 Å². The number of aromatic nitrogens is 1. The highest BCUT2D eigenvalue weighted by atomic mass is 16.6.